The number of carbonyl (C=O) groups excluding carboxylic acids is 1. The third-order valence-electron chi connectivity index (χ3n) is 3.88. The van der Waals surface area contributed by atoms with Crippen molar-refractivity contribution >= 4 is 23.6 Å². The summed E-state index contributed by atoms with van der Waals surface area (Å²) in [7, 11) is 1.54. The molecule has 8 heteroatoms. The fraction of sp³-hybridized carbons (Fsp3) is 0.200. The van der Waals surface area contributed by atoms with Gasteiger partial charge in [-0.25, -0.2) is 9.79 Å². The number of rotatable bonds is 7. The van der Waals surface area contributed by atoms with Crippen molar-refractivity contribution in [3.63, 3.8) is 0 Å². The average Bonchev–Trinajstić information content (AvgIpc) is 3.07. The van der Waals surface area contributed by atoms with Gasteiger partial charge in [0.2, 0.25) is 5.90 Å². The quantitative estimate of drug-likeness (QED) is 0.313. The van der Waals surface area contributed by atoms with Crippen LogP contribution in [0.15, 0.2) is 53.2 Å². The fourth-order valence-electron chi connectivity index (χ4n) is 2.55. The molecule has 0 fully saturated rings. The molecule has 2 aromatic carbocycles. The Bertz CT molecular complexity index is 980. The van der Waals surface area contributed by atoms with Crippen LogP contribution in [0.5, 0.6) is 11.5 Å². The molecule has 0 amide bonds. The third kappa shape index (κ3) is 4.17. The summed E-state index contributed by atoms with van der Waals surface area (Å²) in [5, 5.41) is 10.9. The fourth-order valence-corrected chi connectivity index (χ4v) is 2.55. The van der Waals surface area contributed by atoms with Crippen molar-refractivity contribution in [2.75, 3.05) is 13.7 Å². The predicted octanol–water partition coefficient (Wildman–Crippen LogP) is 3.74. The molecule has 3 rings (SSSR count). The number of esters is 1. The highest BCUT2D eigenvalue weighted by Crippen LogP contribution is 2.30. The molecule has 0 unspecified atom stereocenters. The SMILES string of the molecule is CCCOc1ccc(/C=C2\N=C(c3cccc([N+](=O)[O-])c3)OC2=O)cc1OC. The van der Waals surface area contributed by atoms with Crippen LogP contribution >= 0.6 is 0 Å². The Morgan fingerprint density at radius 1 is 1.21 bits per heavy atom. The van der Waals surface area contributed by atoms with E-state index in [-0.39, 0.29) is 17.3 Å². The first kappa shape index (κ1) is 19.1. The van der Waals surface area contributed by atoms with Gasteiger partial charge in [-0.05, 0) is 36.3 Å². The number of nitrogens with zero attached hydrogens (tertiary/aromatic N) is 2. The molecule has 0 aliphatic carbocycles. The van der Waals surface area contributed by atoms with Crippen molar-refractivity contribution in [1.82, 2.24) is 0 Å². The normalized spacial score (nSPS) is 14.6. The van der Waals surface area contributed by atoms with Crippen LogP contribution in [0.4, 0.5) is 5.69 Å². The smallest absolute Gasteiger partial charge is 0.363 e. The molecular weight excluding hydrogens is 364 g/mol. The Labute approximate surface area is 161 Å². The lowest BCUT2D eigenvalue weighted by Crippen LogP contribution is -2.05. The molecule has 144 valence electrons. The number of nitro groups is 1. The molecule has 8 nitrogen and oxygen atoms in total. The molecule has 1 heterocycles. The maximum atomic E-state index is 12.1. The molecule has 0 saturated carbocycles. The Morgan fingerprint density at radius 2 is 2.04 bits per heavy atom. The minimum absolute atomic E-state index is 0.0230. The molecule has 0 spiro atoms. The van der Waals surface area contributed by atoms with E-state index in [1.54, 1.807) is 30.3 Å². The Morgan fingerprint density at radius 3 is 2.75 bits per heavy atom. The number of methoxy groups -OCH3 is 1. The van der Waals surface area contributed by atoms with E-state index in [0.717, 1.165) is 6.42 Å². The second-order valence-electron chi connectivity index (χ2n) is 5.90. The summed E-state index contributed by atoms with van der Waals surface area (Å²) in [4.78, 5) is 26.7. The monoisotopic (exact) mass is 382 g/mol. The van der Waals surface area contributed by atoms with Crippen molar-refractivity contribution in [2.45, 2.75) is 13.3 Å². The Kier molecular flexibility index (Phi) is 5.69. The molecule has 1 aliphatic heterocycles. The van der Waals surface area contributed by atoms with Crippen LogP contribution in [0.2, 0.25) is 0 Å². The molecule has 0 atom stereocenters. The first-order valence-corrected chi connectivity index (χ1v) is 8.60. The van der Waals surface area contributed by atoms with Gasteiger partial charge < -0.3 is 14.2 Å². The molecule has 0 N–H and O–H groups in total. The number of carbonyl (C=O) groups is 1. The van der Waals surface area contributed by atoms with Gasteiger partial charge in [-0.2, -0.15) is 0 Å². The Balaban J connectivity index is 1.89. The number of hydrogen-bond acceptors (Lipinski definition) is 7. The summed E-state index contributed by atoms with van der Waals surface area (Å²) in [5.74, 6) is 0.542. The van der Waals surface area contributed by atoms with Gasteiger partial charge >= 0.3 is 5.97 Å². The summed E-state index contributed by atoms with van der Waals surface area (Å²) >= 11 is 0. The average molecular weight is 382 g/mol. The molecule has 0 saturated heterocycles. The second-order valence-corrected chi connectivity index (χ2v) is 5.90. The van der Waals surface area contributed by atoms with Crippen LogP contribution in [0, 0.1) is 10.1 Å². The summed E-state index contributed by atoms with van der Waals surface area (Å²) in [6, 6.07) is 11.0. The molecule has 28 heavy (non-hydrogen) atoms. The molecule has 0 aromatic heterocycles. The topological polar surface area (TPSA) is 100 Å². The number of cyclic esters (lactones) is 1. The van der Waals surface area contributed by atoms with Crippen molar-refractivity contribution in [2.24, 2.45) is 4.99 Å². The molecule has 0 radical (unpaired) electrons. The lowest BCUT2D eigenvalue weighted by atomic mass is 10.1. The highest BCUT2D eigenvalue weighted by molar-refractivity contribution is 6.13. The summed E-state index contributed by atoms with van der Waals surface area (Å²) < 4.78 is 16.1. The van der Waals surface area contributed by atoms with Gasteiger partial charge in [0, 0.05) is 17.7 Å². The van der Waals surface area contributed by atoms with Gasteiger partial charge in [0.15, 0.2) is 17.2 Å². The summed E-state index contributed by atoms with van der Waals surface area (Å²) in [5.41, 5.74) is 1.01. The van der Waals surface area contributed by atoms with Gasteiger partial charge in [0.1, 0.15) is 0 Å². The minimum Gasteiger partial charge on any atom is -0.493 e. The zero-order valence-electron chi connectivity index (χ0n) is 15.4. The molecule has 0 bridgehead atoms. The third-order valence-corrected chi connectivity index (χ3v) is 3.88. The number of hydrogen-bond donors (Lipinski definition) is 0. The van der Waals surface area contributed by atoms with E-state index in [9.17, 15) is 14.9 Å². The van der Waals surface area contributed by atoms with Crippen LogP contribution in [-0.2, 0) is 9.53 Å². The maximum absolute atomic E-state index is 12.1. The number of non-ortho nitro benzene ring substituents is 1. The number of nitro benzene ring substituents is 1. The second kappa shape index (κ2) is 8.34. The van der Waals surface area contributed by atoms with Crippen LogP contribution in [-0.4, -0.2) is 30.5 Å². The number of aliphatic imine (C=N–C) groups is 1. The van der Waals surface area contributed by atoms with Gasteiger partial charge in [-0.3, -0.25) is 10.1 Å². The number of ether oxygens (including phenoxy) is 3. The summed E-state index contributed by atoms with van der Waals surface area (Å²) in [6.07, 6.45) is 2.43. The van der Waals surface area contributed by atoms with E-state index in [1.807, 2.05) is 6.92 Å². The lowest BCUT2D eigenvalue weighted by molar-refractivity contribution is -0.384. The lowest BCUT2D eigenvalue weighted by Gasteiger charge is -2.10. The van der Waals surface area contributed by atoms with E-state index in [1.165, 1.54) is 25.3 Å². The first-order valence-electron chi connectivity index (χ1n) is 8.60. The van der Waals surface area contributed by atoms with E-state index in [4.69, 9.17) is 14.2 Å². The standard InChI is InChI=1S/C20H18N2O6/c1-3-9-27-17-8-7-13(11-18(17)26-2)10-16-20(23)28-19(21-16)14-5-4-6-15(12-14)22(24)25/h4-8,10-12H,3,9H2,1-2H3/b16-10-. The molecule has 1 aliphatic rings. The van der Waals surface area contributed by atoms with Crippen molar-refractivity contribution < 1.29 is 23.9 Å². The zero-order valence-corrected chi connectivity index (χ0v) is 15.4. The zero-order chi connectivity index (χ0) is 20.1. The van der Waals surface area contributed by atoms with E-state index in [2.05, 4.69) is 4.99 Å². The minimum atomic E-state index is -0.633. The summed E-state index contributed by atoms with van der Waals surface area (Å²) in [6.45, 7) is 2.58. The Hall–Kier alpha value is -3.68. The molecular formula is C20H18N2O6. The van der Waals surface area contributed by atoms with Gasteiger partial charge in [-0.1, -0.05) is 19.1 Å². The van der Waals surface area contributed by atoms with Crippen molar-refractivity contribution in [3.8, 4) is 11.5 Å². The largest absolute Gasteiger partial charge is 0.493 e. The van der Waals surface area contributed by atoms with E-state index in [0.29, 0.717) is 29.2 Å². The first-order chi connectivity index (χ1) is 13.5. The van der Waals surface area contributed by atoms with Crippen LogP contribution < -0.4 is 9.47 Å². The van der Waals surface area contributed by atoms with Crippen LogP contribution in [0.3, 0.4) is 0 Å². The van der Waals surface area contributed by atoms with Crippen LogP contribution in [0.25, 0.3) is 6.08 Å². The van der Waals surface area contributed by atoms with Gasteiger partial charge in [0.05, 0.1) is 18.6 Å². The van der Waals surface area contributed by atoms with E-state index >= 15 is 0 Å². The van der Waals surface area contributed by atoms with E-state index < -0.39 is 10.9 Å². The number of benzene rings is 2. The van der Waals surface area contributed by atoms with Gasteiger partial charge in [0.25, 0.3) is 5.69 Å². The predicted molar refractivity (Wildman–Crippen MR) is 102 cm³/mol. The highest BCUT2D eigenvalue weighted by Gasteiger charge is 2.25. The van der Waals surface area contributed by atoms with Gasteiger partial charge in [-0.15, -0.1) is 0 Å². The maximum Gasteiger partial charge on any atom is 0.363 e. The van der Waals surface area contributed by atoms with Crippen LogP contribution in [0.1, 0.15) is 24.5 Å². The van der Waals surface area contributed by atoms with Crippen molar-refractivity contribution in [1.29, 1.82) is 0 Å². The molecule has 2 aromatic rings. The highest BCUT2D eigenvalue weighted by atomic mass is 16.6. The van der Waals surface area contributed by atoms with Crippen molar-refractivity contribution in [3.05, 3.63) is 69.4 Å².